The van der Waals surface area contributed by atoms with Crippen molar-refractivity contribution in [1.29, 1.82) is 0 Å². The van der Waals surface area contributed by atoms with Crippen LogP contribution in [0.25, 0.3) is 10.8 Å². The van der Waals surface area contributed by atoms with Crippen LogP contribution in [-0.4, -0.2) is 46.8 Å². The van der Waals surface area contributed by atoms with Crippen molar-refractivity contribution < 1.29 is 4.79 Å². The minimum absolute atomic E-state index is 0.119. The lowest BCUT2D eigenvalue weighted by Gasteiger charge is -2.36. The first-order chi connectivity index (χ1) is 13.4. The summed E-state index contributed by atoms with van der Waals surface area (Å²) in [6.07, 6.45) is 0. The van der Waals surface area contributed by atoms with Gasteiger partial charge in [-0.05, 0) is 43.2 Å². The summed E-state index contributed by atoms with van der Waals surface area (Å²) in [7, 11) is 1.59. The number of benzene rings is 2. The van der Waals surface area contributed by atoms with Crippen molar-refractivity contribution in [2.24, 2.45) is 7.05 Å². The molecular formula is C22H24N4O2. The Morgan fingerprint density at radius 3 is 2.18 bits per heavy atom. The normalized spacial score (nSPS) is 14.5. The highest BCUT2D eigenvalue weighted by atomic mass is 16.2. The predicted octanol–water partition coefficient (Wildman–Crippen LogP) is 2.51. The second-order valence-electron chi connectivity index (χ2n) is 7.45. The van der Waals surface area contributed by atoms with E-state index < -0.39 is 0 Å². The summed E-state index contributed by atoms with van der Waals surface area (Å²) in [5.74, 6) is -0.119. The number of rotatable bonds is 2. The van der Waals surface area contributed by atoms with E-state index in [0.717, 1.165) is 13.1 Å². The second kappa shape index (κ2) is 7.11. The van der Waals surface area contributed by atoms with Gasteiger partial charge in [-0.3, -0.25) is 9.59 Å². The number of aryl methyl sites for hydroxylation is 3. The average Bonchev–Trinajstić information content (AvgIpc) is 2.69. The molecule has 1 aliphatic rings. The highest BCUT2D eigenvalue weighted by Gasteiger charge is 2.25. The van der Waals surface area contributed by atoms with E-state index in [4.69, 9.17) is 0 Å². The van der Waals surface area contributed by atoms with Crippen molar-refractivity contribution >= 4 is 22.4 Å². The van der Waals surface area contributed by atoms with Crippen molar-refractivity contribution in [2.75, 3.05) is 31.1 Å². The van der Waals surface area contributed by atoms with Gasteiger partial charge in [0.25, 0.3) is 11.5 Å². The Morgan fingerprint density at radius 1 is 0.929 bits per heavy atom. The summed E-state index contributed by atoms with van der Waals surface area (Å²) < 4.78 is 1.25. The number of carbonyl (C=O) groups excluding carboxylic acids is 1. The molecule has 0 atom stereocenters. The number of piperazine rings is 1. The summed E-state index contributed by atoms with van der Waals surface area (Å²) in [4.78, 5) is 29.6. The van der Waals surface area contributed by atoms with Gasteiger partial charge in [0.1, 0.15) is 0 Å². The third-order valence-electron chi connectivity index (χ3n) is 5.30. The first kappa shape index (κ1) is 18.2. The van der Waals surface area contributed by atoms with Gasteiger partial charge in [-0.2, -0.15) is 5.10 Å². The van der Waals surface area contributed by atoms with Gasteiger partial charge in [0.15, 0.2) is 5.69 Å². The van der Waals surface area contributed by atoms with Crippen molar-refractivity contribution in [3.8, 4) is 0 Å². The predicted molar refractivity (Wildman–Crippen MR) is 111 cm³/mol. The Morgan fingerprint density at radius 2 is 1.54 bits per heavy atom. The SMILES string of the molecule is Cc1cc(C)cc(N2CCN(C(=O)c3nn(C)c(=O)c4ccccc34)CC2)c1. The fourth-order valence-corrected chi connectivity index (χ4v) is 3.91. The van der Waals surface area contributed by atoms with Gasteiger partial charge in [0.2, 0.25) is 0 Å². The van der Waals surface area contributed by atoms with E-state index in [-0.39, 0.29) is 11.5 Å². The zero-order chi connectivity index (χ0) is 19.8. The minimum Gasteiger partial charge on any atom is -0.368 e. The van der Waals surface area contributed by atoms with E-state index >= 15 is 0 Å². The molecule has 1 fully saturated rings. The van der Waals surface area contributed by atoms with Crippen molar-refractivity contribution in [1.82, 2.24) is 14.7 Å². The molecule has 4 rings (SSSR count). The fourth-order valence-electron chi connectivity index (χ4n) is 3.91. The van der Waals surface area contributed by atoms with Crippen molar-refractivity contribution in [3.05, 3.63) is 69.6 Å². The molecule has 2 heterocycles. The summed E-state index contributed by atoms with van der Waals surface area (Å²) in [5.41, 5.74) is 3.85. The fraction of sp³-hybridized carbons (Fsp3) is 0.318. The number of nitrogens with zero attached hydrogens (tertiary/aromatic N) is 4. The van der Waals surface area contributed by atoms with E-state index in [1.165, 1.54) is 21.5 Å². The lowest BCUT2D eigenvalue weighted by molar-refractivity contribution is 0.0740. The molecule has 0 bridgehead atoms. The Bertz CT molecular complexity index is 1090. The lowest BCUT2D eigenvalue weighted by Crippen LogP contribution is -2.49. The van der Waals surface area contributed by atoms with E-state index in [9.17, 15) is 9.59 Å². The highest BCUT2D eigenvalue weighted by Crippen LogP contribution is 2.21. The molecular weight excluding hydrogens is 352 g/mol. The Labute approximate surface area is 164 Å². The van der Waals surface area contributed by atoms with Crippen LogP contribution in [-0.2, 0) is 7.05 Å². The molecule has 1 aliphatic heterocycles. The van der Waals surface area contributed by atoms with Crippen LogP contribution in [0.3, 0.4) is 0 Å². The van der Waals surface area contributed by atoms with E-state index in [1.54, 1.807) is 25.2 Å². The molecule has 3 aromatic rings. The molecule has 0 unspecified atom stereocenters. The van der Waals surface area contributed by atoms with Crippen LogP contribution in [0.2, 0.25) is 0 Å². The number of carbonyl (C=O) groups is 1. The van der Waals surface area contributed by atoms with E-state index in [2.05, 4.69) is 42.0 Å². The Balaban J connectivity index is 1.57. The molecule has 1 amide bonds. The van der Waals surface area contributed by atoms with Gasteiger partial charge in [0, 0.05) is 44.3 Å². The van der Waals surface area contributed by atoms with E-state index in [0.29, 0.717) is 29.6 Å². The number of aromatic nitrogens is 2. The number of hydrogen-bond donors (Lipinski definition) is 0. The van der Waals surface area contributed by atoms with Crippen molar-refractivity contribution in [3.63, 3.8) is 0 Å². The zero-order valence-electron chi connectivity index (χ0n) is 16.5. The van der Waals surface area contributed by atoms with Crippen molar-refractivity contribution in [2.45, 2.75) is 13.8 Å². The van der Waals surface area contributed by atoms with Crippen LogP contribution in [0.4, 0.5) is 5.69 Å². The maximum Gasteiger partial charge on any atom is 0.275 e. The summed E-state index contributed by atoms with van der Waals surface area (Å²) in [6, 6.07) is 13.7. The molecule has 0 spiro atoms. The summed E-state index contributed by atoms with van der Waals surface area (Å²) >= 11 is 0. The molecule has 2 aromatic carbocycles. The topological polar surface area (TPSA) is 58.4 Å². The van der Waals surface area contributed by atoms with Crippen LogP contribution in [0.1, 0.15) is 21.6 Å². The maximum absolute atomic E-state index is 13.2. The van der Waals surface area contributed by atoms with Gasteiger partial charge in [-0.15, -0.1) is 0 Å². The lowest BCUT2D eigenvalue weighted by atomic mass is 10.1. The molecule has 1 aromatic heterocycles. The first-order valence-electron chi connectivity index (χ1n) is 9.52. The van der Waals surface area contributed by atoms with Gasteiger partial charge in [-0.25, -0.2) is 4.68 Å². The Hall–Kier alpha value is -3.15. The molecule has 6 nitrogen and oxygen atoms in total. The third-order valence-corrected chi connectivity index (χ3v) is 5.30. The largest absolute Gasteiger partial charge is 0.368 e. The van der Waals surface area contributed by atoms with Gasteiger partial charge in [-0.1, -0.05) is 24.3 Å². The van der Waals surface area contributed by atoms with Crippen LogP contribution in [0.15, 0.2) is 47.3 Å². The van der Waals surface area contributed by atoms with Crippen LogP contribution in [0.5, 0.6) is 0 Å². The second-order valence-corrected chi connectivity index (χ2v) is 7.45. The zero-order valence-corrected chi connectivity index (χ0v) is 16.5. The maximum atomic E-state index is 13.2. The van der Waals surface area contributed by atoms with Gasteiger partial charge >= 0.3 is 0 Å². The molecule has 144 valence electrons. The minimum atomic E-state index is -0.188. The summed E-state index contributed by atoms with van der Waals surface area (Å²) in [5, 5.41) is 5.42. The monoisotopic (exact) mass is 376 g/mol. The molecule has 0 N–H and O–H groups in total. The molecule has 0 aliphatic carbocycles. The van der Waals surface area contributed by atoms with Gasteiger partial charge in [0.05, 0.1) is 5.39 Å². The quantitative estimate of drug-likeness (QED) is 0.690. The standard InChI is InChI=1S/C22H24N4O2/c1-15-12-16(2)14-17(13-15)25-8-10-26(11-9-25)22(28)20-18-6-4-5-7-19(18)21(27)24(3)23-20/h4-7,12-14H,8-11H2,1-3H3. The highest BCUT2D eigenvalue weighted by molar-refractivity contribution is 6.04. The molecule has 6 heteroatoms. The number of fused-ring (bicyclic) bond motifs is 1. The smallest absolute Gasteiger partial charge is 0.275 e. The average molecular weight is 376 g/mol. The number of hydrogen-bond acceptors (Lipinski definition) is 4. The van der Waals surface area contributed by atoms with E-state index in [1.807, 2.05) is 11.0 Å². The van der Waals surface area contributed by atoms with Crippen LogP contribution < -0.4 is 10.5 Å². The number of amides is 1. The first-order valence-corrected chi connectivity index (χ1v) is 9.52. The molecule has 0 radical (unpaired) electrons. The Kier molecular flexibility index (Phi) is 4.63. The molecule has 1 saturated heterocycles. The summed E-state index contributed by atoms with van der Waals surface area (Å²) in [6.45, 7) is 7.02. The molecule has 28 heavy (non-hydrogen) atoms. The van der Waals surface area contributed by atoms with Crippen LogP contribution in [0, 0.1) is 13.8 Å². The molecule has 0 saturated carbocycles. The van der Waals surface area contributed by atoms with Gasteiger partial charge < -0.3 is 9.80 Å². The van der Waals surface area contributed by atoms with Crippen LogP contribution >= 0.6 is 0 Å². The number of anilines is 1. The third kappa shape index (κ3) is 3.26.